The molecule has 2 rings (SSSR count). The predicted octanol–water partition coefficient (Wildman–Crippen LogP) is 3.60. The molecule has 0 radical (unpaired) electrons. The van der Waals surface area contributed by atoms with Crippen molar-refractivity contribution < 1.29 is 4.39 Å². The lowest BCUT2D eigenvalue weighted by Gasteiger charge is -2.17. The first-order chi connectivity index (χ1) is 7.74. The Bertz CT molecular complexity index is 323. The van der Waals surface area contributed by atoms with Crippen LogP contribution in [0.25, 0.3) is 0 Å². The van der Waals surface area contributed by atoms with Gasteiger partial charge in [0, 0.05) is 6.04 Å². The molecule has 0 bridgehead atoms. The molecule has 16 heavy (non-hydrogen) atoms. The van der Waals surface area contributed by atoms with Gasteiger partial charge >= 0.3 is 0 Å². The van der Waals surface area contributed by atoms with Crippen molar-refractivity contribution in [2.75, 3.05) is 5.32 Å². The quantitative estimate of drug-likeness (QED) is 0.611. The first-order valence-corrected chi connectivity index (χ1v) is 6.12. The van der Waals surface area contributed by atoms with Crippen molar-refractivity contribution in [3.63, 3.8) is 0 Å². The number of rotatable bonds is 2. The zero-order chi connectivity index (χ0) is 11.4. The zero-order valence-corrected chi connectivity index (χ0v) is 9.75. The molecule has 1 heterocycles. The normalized spacial score (nSPS) is 26.1. The highest BCUT2D eigenvalue weighted by Crippen LogP contribution is 2.24. The maximum Gasteiger partial charge on any atom is 0.212 e. The molecule has 1 aliphatic rings. The van der Waals surface area contributed by atoms with Crippen molar-refractivity contribution >= 4 is 5.69 Å². The predicted molar refractivity (Wildman–Crippen MR) is 63.9 cm³/mol. The van der Waals surface area contributed by atoms with Crippen molar-refractivity contribution in [3.8, 4) is 0 Å². The molecular formula is C13H19FN2. The highest BCUT2D eigenvalue weighted by molar-refractivity contribution is 5.40. The van der Waals surface area contributed by atoms with Crippen LogP contribution in [-0.2, 0) is 0 Å². The van der Waals surface area contributed by atoms with Gasteiger partial charge in [0.1, 0.15) is 0 Å². The Balaban J connectivity index is 1.91. The van der Waals surface area contributed by atoms with Crippen LogP contribution < -0.4 is 5.32 Å². The number of anilines is 1. The third-order valence-corrected chi connectivity index (χ3v) is 3.36. The van der Waals surface area contributed by atoms with Crippen LogP contribution in [0, 0.1) is 11.9 Å². The molecule has 88 valence electrons. The Morgan fingerprint density at radius 1 is 1.25 bits per heavy atom. The number of nitrogens with zero attached hydrogens (tertiary/aromatic N) is 1. The average molecular weight is 222 g/mol. The summed E-state index contributed by atoms with van der Waals surface area (Å²) in [6, 6.07) is 3.69. The molecule has 1 N–H and O–H groups in total. The molecule has 0 aliphatic heterocycles. The van der Waals surface area contributed by atoms with Crippen LogP contribution in [0.3, 0.4) is 0 Å². The van der Waals surface area contributed by atoms with E-state index in [9.17, 15) is 4.39 Å². The molecule has 1 aliphatic carbocycles. The van der Waals surface area contributed by atoms with E-state index < -0.39 is 5.95 Å². The smallest absolute Gasteiger partial charge is 0.212 e. The average Bonchev–Trinajstić information content (AvgIpc) is 2.47. The minimum absolute atomic E-state index is 0.417. The lowest BCUT2D eigenvalue weighted by Crippen LogP contribution is -2.18. The molecule has 3 heteroatoms. The molecule has 0 aromatic carbocycles. The molecule has 0 amide bonds. The molecule has 2 unspecified atom stereocenters. The van der Waals surface area contributed by atoms with E-state index in [1.807, 2.05) is 0 Å². The Morgan fingerprint density at radius 2 is 2.12 bits per heavy atom. The van der Waals surface area contributed by atoms with Crippen LogP contribution in [0.5, 0.6) is 0 Å². The Labute approximate surface area is 96.3 Å². The van der Waals surface area contributed by atoms with Gasteiger partial charge in [0.05, 0.1) is 11.9 Å². The minimum atomic E-state index is -0.417. The number of aromatic nitrogens is 1. The van der Waals surface area contributed by atoms with Gasteiger partial charge in [-0.2, -0.15) is 4.39 Å². The van der Waals surface area contributed by atoms with E-state index in [1.54, 1.807) is 12.3 Å². The van der Waals surface area contributed by atoms with Crippen LogP contribution in [0.4, 0.5) is 10.1 Å². The fourth-order valence-corrected chi connectivity index (χ4v) is 2.33. The zero-order valence-electron chi connectivity index (χ0n) is 9.75. The minimum Gasteiger partial charge on any atom is -0.381 e. The standard InChI is InChI=1S/C13H19FN2/c1-10-3-2-4-11(6-5-10)16-12-7-8-13(14)15-9-12/h7-11,16H,2-6H2,1H3. The van der Waals surface area contributed by atoms with E-state index in [1.165, 1.54) is 38.2 Å². The fourth-order valence-electron chi connectivity index (χ4n) is 2.33. The highest BCUT2D eigenvalue weighted by Gasteiger charge is 2.15. The van der Waals surface area contributed by atoms with Crippen molar-refractivity contribution in [3.05, 3.63) is 24.3 Å². The van der Waals surface area contributed by atoms with Gasteiger partial charge in [-0.1, -0.05) is 19.8 Å². The number of pyridine rings is 1. The first-order valence-electron chi connectivity index (χ1n) is 6.12. The number of hydrogen-bond donors (Lipinski definition) is 1. The Hall–Kier alpha value is -1.12. The molecule has 1 saturated carbocycles. The second-order valence-electron chi connectivity index (χ2n) is 4.82. The van der Waals surface area contributed by atoms with E-state index >= 15 is 0 Å². The van der Waals surface area contributed by atoms with E-state index in [2.05, 4.69) is 17.2 Å². The number of hydrogen-bond acceptors (Lipinski definition) is 2. The summed E-state index contributed by atoms with van der Waals surface area (Å²) in [5.41, 5.74) is 0.931. The third-order valence-electron chi connectivity index (χ3n) is 3.36. The van der Waals surface area contributed by atoms with E-state index in [0.29, 0.717) is 6.04 Å². The second-order valence-corrected chi connectivity index (χ2v) is 4.82. The summed E-state index contributed by atoms with van der Waals surface area (Å²) < 4.78 is 12.6. The molecule has 2 nitrogen and oxygen atoms in total. The van der Waals surface area contributed by atoms with Crippen molar-refractivity contribution in [2.24, 2.45) is 5.92 Å². The lowest BCUT2D eigenvalue weighted by atomic mass is 10.0. The summed E-state index contributed by atoms with van der Waals surface area (Å²) >= 11 is 0. The van der Waals surface area contributed by atoms with E-state index in [4.69, 9.17) is 0 Å². The molecular weight excluding hydrogens is 203 g/mol. The summed E-state index contributed by atoms with van der Waals surface area (Å²) in [6.07, 6.45) is 7.89. The van der Waals surface area contributed by atoms with E-state index in [0.717, 1.165) is 11.6 Å². The summed E-state index contributed by atoms with van der Waals surface area (Å²) in [7, 11) is 0. The molecule has 0 saturated heterocycles. The van der Waals surface area contributed by atoms with Gasteiger partial charge in [-0.3, -0.25) is 0 Å². The maximum atomic E-state index is 12.6. The van der Waals surface area contributed by atoms with Crippen molar-refractivity contribution in [2.45, 2.75) is 45.1 Å². The molecule has 1 aromatic heterocycles. The fraction of sp³-hybridized carbons (Fsp3) is 0.615. The van der Waals surface area contributed by atoms with Crippen LogP contribution in [0.2, 0.25) is 0 Å². The monoisotopic (exact) mass is 222 g/mol. The topological polar surface area (TPSA) is 24.9 Å². The van der Waals surface area contributed by atoms with Gasteiger partial charge in [0.15, 0.2) is 0 Å². The molecule has 1 aromatic rings. The largest absolute Gasteiger partial charge is 0.381 e. The maximum absolute atomic E-state index is 12.6. The third kappa shape index (κ3) is 3.19. The van der Waals surface area contributed by atoms with Crippen LogP contribution in [-0.4, -0.2) is 11.0 Å². The number of nitrogens with one attached hydrogen (secondary N) is 1. The Kier molecular flexibility index (Phi) is 3.75. The summed E-state index contributed by atoms with van der Waals surface area (Å²) in [5.74, 6) is 0.429. The second kappa shape index (κ2) is 5.28. The van der Waals surface area contributed by atoms with E-state index in [-0.39, 0.29) is 0 Å². The number of halogens is 1. The van der Waals surface area contributed by atoms with Gasteiger partial charge in [-0.05, 0) is 37.3 Å². The summed E-state index contributed by atoms with van der Waals surface area (Å²) in [4.78, 5) is 3.65. The van der Waals surface area contributed by atoms with Gasteiger partial charge in [0.2, 0.25) is 5.95 Å². The van der Waals surface area contributed by atoms with Gasteiger partial charge < -0.3 is 5.32 Å². The molecule has 2 atom stereocenters. The molecule has 1 fully saturated rings. The van der Waals surface area contributed by atoms with Gasteiger partial charge in [-0.15, -0.1) is 0 Å². The highest BCUT2D eigenvalue weighted by atomic mass is 19.1. The van der Waals surface area contributed by atoms with Crippen molar-refractivity contribution in [1.29, 1.82) is 0 Å². The molecule has 0 spiro atoms. The van der Waals surface area contributed by atoms with Gasteiger partial charge in [0.25, 0.3) is 0 Å². The van der Waals surface area contributed by atoms with Crippen LogP contribution in [0.15, 0.2) is 18.3 Å². The van der Waals surface area contributed by atoms with Gasteiger partial charge in [-0.25, -0.2) is 4.98 Å². The summed E-state index contributed by atoms with van der Waals surface area (Å²) in [5, 5.41) is 3.44. The first kappa shape index (κ1) is 11.4. The van der Waals surface area contributed by atoms with Crippen LogP contribution in [0.1, 0.15) is 39.0 Å². The van der Waals surface area contributed by atoms with Crippen molar-refractivity contribution in [1.82, 2.24) is 4.98 Å². The summed E-state index contributed by atoms with van der Waals surface area (Å²) in [6.45, 7) is 2.32. The lowest BCUT2D eigenvalue weighted by molar-refractivity contribution is 0.502. The Morgan fingerprint density at radius 3 is 2.88 bits per heavy atom. The van der Waals surface area contributed by atoms with Crippen LogP contribution >= 0.6 is 0 Å². The SMILES string of the molecule is CC1CCCC(Nc2ccc(F)nc2)CC1.